The standard InChI is InChI=1S/C25H33Cl3N2O2/c1-5-6-7-8-9-14-30(17-18-10-12-20(13-11-18)32-25(2,3)4)24(31)29-23-21(27)15-19(26)16-22(23)28/h10-13,15-16H,5-9,14,17H2,1-4H3,(H,29,31). The summed E-state index contributed by atoms with van der Waals surface area (Å²) in [5.41, 5.74) is 1.12. The van der Waals surface area contributed by atoms with Crippen LogP contribution in [0.3, 0.4) is 0 Å². The van der Waals surface area contributed by atoms with Crippen LogP contribution in [0.4, 0.5) is 10.5 Å². The second kappa shape index (κ2) is 12.6. The van der Waals surface area contributed by atoms with Crippen molar-refractivity contribution in [3.05, 3.63) is 57.0 Å². The van der Waals surface area contributed by atoms with E-state index in [0.29, 0.717) is 33.8 Å². The number of urea groups is 1. The van der Waals surface area contributed by atoms with E-state index in [4.69, 9.17) is 39.5 Å². The van der Waals surface area contributed by atoms with Gasteiger partial charge in [0.2, 0.25) is 0 Å². The van der Waals surface area contributed by atoms with Crippen molar-refractivity contribution in [2.24, 2.45) is 0 Å². The molecule has 7 heteroatoms. The Bertz CT molecular complexity index is 857. The third-order valence-corrected chi connectivity index (χ3v) is 5.59. The van der Waals surface area contributed by atoms with E-state index in [1.165, 1.54) is 19.3 Å². The largest absolute Gasteiger partial charge is 0.488 e. The molecule has 32 heavy (non-hydrogen) atoms. The predicted octanol–water partition coefficient (Wildman–Crippen LogP) is 8.83. The van der Waals surface area contributed by atoms with Crippen LogP contribution >= 0.6 is 34.8 Å². The fourth-order valence-electron chi connectivity index (χ4n) is 3.24. The lowest BCUT2D eigenvalue weighted by atomic mass is 10.1. The molecule has 2 aromatic rings. The lowest BCUT2D eigenvalue weighted by Crippen LogP contribution is -2.35. The number of ether oxygens (including phenoxy) is 1. The molecule has 0 bridgehead atoms. The van der Waals surface area contributed by atoms with Gasteiger partial charge < -0.3 is 15.0 Å². The van der Waals surface area contributed by atoms with Gasteiger partial charge in [0.1, 0.15) is 11.4 Å². The smallest absolute Gasteiger partial charge is 0.322 e. The molecule has 0 aliphatic heterocycles. The highest BCUT2D eigenvalue weighted by atomic mass is 35.5. The second-order valence-electron chi connectivity index (χ2n) is 8.87. The normalized spacial score (nSPS) is 11.3. The molecule has 1 N–H and O–H groups in total. The van der Waals surface area contributed by atoms with Crippen molar-refractivity contribution >= 4 is 46.5 Å². The number of hydrogen-bond acceptors (Lipinski definition) is 2. The highest BCUT2D eigenvalue weighted by Gasteiger charge is 2.18. The average molecular weight is 500 g/mol. The molecule has 2 amide bonds. The topological polar surface area (TPSA) is 41.6 Å². The van der Waals surface area contributed by atoms with Crippen molar-refractivity contribution in [2.75, 3.05) is 11.9 Å². The van der Waals surface area contributed by atoms with Crippen molar-refractivity contribution in [1.29, 1.82) is 0 Å². The van der Waals surface area contributed by atoms with Crippen molar-refractivity contribution in [2.45, 2.75) is 71.9 Å². The Kier molecular flexibility index (Phi) is 10.5. The highest BCUT2D eigenvalue weighted by molar-refractivity contribution is 6.42. The maximum absolute atomic E-state index is 13.1. The van der Waals surface area contributed by atoms with E-state index in [1.807, 2.05) is 45.0 Å². The molecular formula is C25H33Cl3N2O2. The number of nitrogens with zero attached hydrogens (tertiary/aromatic N) is 1. The zero-order valence-corrected chi connectivity index (χ0v) is 21.6. The summed E-state index contributed by atoms with van der Waals surface area (Å²) in [6.07, 6.45) is 5.57. The maximum atomic E-state index is 13.1. The van der Waals surface area contributed by atoms with Gasteiger partial charge in [0.05, 0.1) is 15.7 Å². The third-order valence-electron chi connectivity index (χ3n) is 4.78. The van der Waals surface area contributed by atoms with Crippen LogP contribution in [0.1, 0.15) is 65.4 Å². The van der Waals surface area contributed by atoms with Crippen LogP contribution in [0, 0.1) is 0 Å². The van der Waals surface area contributed by atoms with Crippen LogP contribution in [0.25, 0.3) is 0 Å². The van der Waals surface area contributed by atoms with Crippen LogP contribution in [0.15, 0.2) is 36.4 Å². The molecule has 0 radical (unpaired) electrons. The van der Waals surface area contributed by atoms with Crippen LogP contribution in [-0.2, 0) is 6.54 Å². The average Bonchev–Trinajstić information content (AvgIpc) is 2.69. The van der Waals surface area contributed by atoms with Gasteiger partial charge in [-0.05, 0) is 57.0 Å². The monoisotopic (exact) mass is 498 g/mol. The molecule has 4 nitrogen and oxygen atoms in total. The van der Waals surface area contributed by atoms with Gasteiger partial charge in [0.25, 0.3) is 0 Å². The highest BCUT2D eigenvalue weighted by Crippen LogP contribution is 2.34. The van der Waals surface area contributed by atoms with E-state index in [0.717, 1.165) is 24.2 Å². The van der Waals surface area contributed by atoms with E-state index < -0.39 is 0 Å². The molecule has 0 atom stereocenters. The first-order valence-corrected chi connectivity index (χ1v) is 12.2. The molecule has 0 spiro atoms. The number of unbranched alkanes of at least 4 members (excludes halogenated alkanes) is 4. The van der Waals surface area contributed by atoms with Gasteiger partial charge in [0, 0.05) is 18.1 Å². The predicted molar refractivity (Wildman–Crippen MR) is 136 cm³/mol. The molecule has 176 valence electrons. The van der Waals surface area contributed by atoms with Crippen LogP contribution in [0.2, 0.25) is 15.1 Å². The van der Waals surface area contributed by atoms with E-state index in [9.17, 15) is 4.79 Å². The Morgan fingerprint density at radius 2 is 1.56 bits per heavy atom. The van der Waals surface area contributed by atoms with Gasteiger partial charge in [-0.2, -0.15) is 0 Å². The molecule has 0 aromatic heterocycles. The zero-order chi connectivity index (χ0) is 23.7. The molecule has 2 rings (SSSR count). The van der Waals surface area contributed by atoms with E-state index >= 15 is 0 Å². The van der Waals surface area contributed by atoms with Crippen LogP contribution in [0.5, 0.6) is 5.75 Å². The number of carbonyl (C=O) groups excluding carboxylic acids is 1. The molecule has 0 saturated carbocycles. The van der Waals surface area contributed by atoms with Gasteiger partial charge in [-0.25, -0.2) is 4.79 Å². The van der Waals surface area contributed by atoms with E-state index in [2.05, 4.69) is 12.2 Å². The Balaban J connectivity index is 2.12. The molecule has 0 aliphatic carbocycles. The molecular weight excluding hydrogens is 467 g/mol. The quantitative estimate of drug-likeness (QED) is 0.332. The van der Waals surface area contributed by atoms with Crippen molar-refractivity contribution in [3.63, 3.8) is 0 Å². The molecule has 0 unspecified atom stereocenters. The Labute approximate surface area is 207 Å². The first-order chi connectivity index (χ1) is 15.1. The molecule has 0 heterocycles. The number of carbonyl (C=O) groups is 1. The summed E-state index contributed by atoms with van der Waals surface area (Å²) in [6.45, 7) is 9.33. The van der Waals surface area contributed by atoms with E-state index in [-0.39, 0.29) is 11.6 Å². The summed E-state index contributed by atoms with van der Waals surface area (Å²) < 4.78 is 5.89. The first-order valence-electron chi connectivity index (χ1n) is 11.1. The Hall–Kier alpha value is -1.62. The number of rotatable bonds is 10. The summed E-state index contributed by atoms with van der Waals surface area (Å²) in [4.78, 5) is 14.9. The summed E-state index contributed by atoms with van der Waals surface area (Å²) in [5, 5.41) is 3.90. The molecule has 0 saturated heterocycles. The fourth-order valence-corrected chi connectivity index (χ4v) is 4.15. The minimum atomic E-state index is -0.261. The molecule has 0 fully saturated rings. The SMILES string of the molecule is CCCCCCCN(Cc1ccc(OC(C)(C)C)cc1)C(=O)Nc1c(Cl)cc(Cl)cc1Cl. The Morgan fingerprint density at radius 3 is 2.12 bits per heavy atom. The number of halogens is 3. The summed E-state index contributed by atoms with van der Waals surface area (Å²) in [7, 11) is 0. The Morgan fingerprint density at radius 1 is 0.969 bits per heavy atom. The van der Waals surface area contributed by atoms with Gasteiger partial charge >= 0.3 is 6.03 Å². The minimum Gasteiger partial charge on any atom is -0.488 e. The minimum absolute atomic E-state index is 0.248. The van der Waals surface area contributed by atoms with Gasteiger partial charge in [-0.15, -0.1) is 0 Å². The lowest BCUT2D eigenvalue weighted by Gasteiger charge is -2.25. The first kappa shape index (κ1) is 26.6. The summed E-state index contributed by atoms with van der Waals surface area (Å²) >= 11 is 18.5. The number of benzene rings is 2. The number of hydrogen-bond donors (Lipinski definition) is 1. The number of amides is 2. The fraction of sp³-hybridized carbons (Fsp3) is 0.480. The van der Waals surface area contributed by atoms with Gasteiger partial charge in [-0.1, -0.05) is 79.5 Å². The van der Waals surface area contributed by atoms with E-state index in [1.54, 1.807) is 17.0 Å². The van der Waals surface area contributed by atoms with Gasteiger partial charge in [-0.3, -0.25) is 0 Å². The van der Waals surface area contributed by atoms with Gasteiger partial charge in [0.15, 0.2) is 0 Å². The van der Waals surface area contributed by atoms with Crippen LogP contribution in [-0.4, -0.2) is 23.1 Å². The van der Waals surface area contributed by atoms with Crippen molar-refractivity contribution in [3.8, 4) is 5.75 Å². The maximum Gasteiger partial charge on any atom is 0.322 e. The summed E-state index contributed by atoms with van der Waals surface area (Å²) in [5.74, 6) is 0.802. The summed E-state index contributed by atoms with van der Waals surface area (Å²) in [6, 6.07) is 10.7. The zero-order valence-electron chi connectivity index (χ0n) is 19.3. The molecule has 0 aliphatic rings. The third kappa shape index (κ3) is 9.09. The number of anilines is 1. The van der Waals surface area contributed by atoms with Crippen molar-refractivity contribution < 1.29 is 9.53 Å². The van der Waals surface area contributed by atoms with Crippen molar-refractivity contribution in [1.82, 2.24) is 4.90 Å². The number of nitrogens with one attached hydrogen (secondary N) is 1. The van der Waals surface area contributed by atoms with Crippen LogP contribution < -0.4 is 10.1 Å². The molecule has 2 aromatic carbocycles. The lowest BCUT2D eigenvalue weighted by molar-refractivity contribution is 0.131. The second-order valence-corrected chi connectivity index (χ2v) is 10.1.